The average molecular weight is 407 g/mol. The van der Waals surface area contributed by atoms with E-state index in [4.69, 9.17) is 15.5 Å². The summed E-state index contributed by atoms with van der Waals surface area (Å²) in [5, 5.41) is 13.3. The molecule has 1 atom stereocenters. The van der Waals surface area contributed by atoms with E-state index >= 15 is 0 Å². The minimum Gasteiger partial charge on any atom is -0.395 e. The summed E-state index contributed by atoms with van der Waals surface area (Å²) in [7, 11) is 3.64. The maximum absolute atomic E-state index is 12.9. The molecular formula is C21H25N7O2. The van der Waals surface area contributed by atoms with Crippen molar-refractivity contribution in [3.63, 3.8) is 0 Å². The Labute approximate surface area is 174 Å². The highest BCUT2D eigenvalue weighted by molar-refractivity contribution is 6.08. The zero-order chi connectivity index (χ0) is 21.3. The monoisotopic (exact) mass is 407 g/mol. The van der Waals surface area contributed by atoms with Gasteiger partial charge in [-0.05, 0) is 24.6 Å². The van der Waals surface area contributed by atoms with Gasteiger partial charge in [0.05, 0.1) is 41.4 Å². The third-order valence-electron chi connectivity index (χ3n) is 5.02. The van der Waals surface area contributed by atoms with Crippen LogP contribution < -0.4 is 27.0 Å². The second kappa shape index (κ2) is 8.03. The Kier molecular flexibility index (Phi) is 5.28. The van der Waals surface area contributed by atoms with Crippen LogP contribution in [0.1, 0.15) is 22.8 Å². The molecule has 0 spiro atoms. The molecule has 6 N–H and O–H groups in total. The fourth-order valence-corrected chi connectivity index (χ4v) is 3.52. The number of nitrogen functional groups attached to an aromatic ring is 1. The van der Waals surface area contributed by atoms with Gasteiger partial charge in [0.2, 0.25) is 0 Å². The maximum atomic E-state index is 12.9. The van der Waals surface area contributed by atoms with Crippen LogP contribution in [0.15, 0.2) is 30.6 Å². The molecule has 4 rings (SSSR count). The zero-order valence-electron chi connectivity index (χ0n) is 17.2. The molecule has 0 saturated heterocycles. The fourth-order valence-electron chi connectivity index (χ4n) is 3.52. The van der Waals surface area contributed by atoms with Crippen LogP contribution >= 0.6 is 0 Å². The third-order valence-corrected chi connectivity index (χ3v) is 5.02. The molecule has 1 unspecified atom stereocenters. The second-order valence-electron chi connectivity index (χ2n) is 7.26. The summed E-state index contributed by atoms with van der Waals surface area (Å²) >= 11 is 0. The predicted molar refractivity (Wildman–Crippen MR) is 119 cm³/mol. The Morgan fingerprint density at radius 3 is 2.73 bits per heavy atom. The predicted octanol–water partition coefficient (Wildman–Crippen LogP) is 2.69. The normalized spacial score (nSPS) is 16.5. The second-order valence-corrected chi connectivity index (χ2v) is 7.26. The number of nitrogens with two attached hydrogens (primary N) is 1. The van der Waals surface area contributed by atoms with Crippen LogP contribution in [0, 0.1) is 0 Å². The SMILES string of the molecule is CNc1cc2cc(c1N)Nc1cc(NC)c3cncc(c3n1)C(=O)NC(C)COC2. The number of pyridine rings is 2. The van der Waals surface area contributed by atoms with Crippen molar-refractivity contribution in [2.24, 2.45) is 0 Å². The number of anilines is 5. The number of nitrogens with one attached hydrogen (secondary N) is 4. The van der Waals surface area contributed by atoms with E-state index in [1.165, 1.54) is 6.20 Å². The number of rotatable bonds is 2. The van der Waals surface area contributed by atoms with Crippen molar-refractivity contribution in [2.75, 3.05) is 42.4 Å². The molecule has 3 heterocycles. The molecule has 1 amide bonds. The van der Waals surface area contributed by atoms with Crippen molar-refractivity contribution in [3.05, 3.63) is 41.7 Å². The molecule has 30 heavy (non-hydrogen) atoms. The summed E-state index contributed by atoms with van der Waals surface area (Å²) in [6.45, 7) is 2.65. The number of carbonyl (C=O) groups is 1. The molecule has 1 aromatic carbocycles. The molecule has 1 aliphatic heterocycles. The molecule has 0 fully saturated rings. The Hall–Kier alpha value is -3.59. The number of nitrogens with zero attached hydrogens (tertiary/aromatic N) is 2. The molecule has 4 bridgehead atoms. The molecule has 9 heteroatoms. The van der Waals surface area contributed by atoms with Crippen molar-refractivity contribution in [2.45, 2.75) is 19.6 Å². The molecular weight excluding hydrogens is 382 g/mol. The van der Waals surface area contributed by atoms with Gasteiger partial charge in [0, 0.05) is 49.7 Å². The van der Waals surface area contributed by atoms with Crippen LogP contribution in [0.2, 0.25) is 0 Å². The third kappa shape index (κ3) is 3.67. The standard InChI is InChI=1S/C21H25N7O2/c1-11-9-30-10-12-4-16(24-3)19(22)17(5-12)27-18-6-15(23-2)13-7-25-8-14(20(13)28-18)21(29)26-11/h4-8,11,24H,9-10,22H2,1-3H3,(H,26,29)(H2,23,27,28). The largest absolute Gasteiger partial charge is 0.395 e. The highest BCUT2D eigenvalue weighted by Crippen LogP contribution is 2.34. The Bertz CT molecular complexity index is 1120. The first kappa shape index (κ1) is 19.7. The van der Waals surface area contributed by atoms with E-state index in [1.807, 2.05) is 39.2 Å². The summed E-state index contributed by atoms with van der Waals surface area (Å²) in [6.07, 6.45) is 3.22. The van der Waals surface area contributed by atoms with Gasteiger partial charge in [-0.15, -0.1) is 0 Å². The van der Waals surface area contributed by atoms with Gasteiger partial charge < -0.3 is 31.7 Å². The van der Waals surface area contributed by atoms with E-state index < -0.39 is 0 Å². The molecule has 0 radical (unpaired) electrons. The van der Waals surface area contributed by atoms with Crippen molar-refractivity contribution < 1.29 is 9.53 Å². The number of carbonyl (C=O) groups excluding carboxylic acids is 1. The van der Waals surface area contributed by atoms with E-state index in [0.717, 1.165) is 22.3 Å². The average Bonchev–Trinajstić information content (AvgIpc) is 2.74. The Morgan fingerprint density at radius 1 is 1.17 bits per heavy atom. The van der Waals surface area contributed by atoms with Crippen LogP contribution in [-0.4, -0.2) is 42.6 Å². The molecule has 0 aliphatic carbocycles. The number of hydrogen-bond donors (Lipinski definition) is 5. The van der Waals surface area contributed by atoms with E-state index in [9.17, 15) is 4.79 Å². The smallest absolute Gasteiger partial charge is 0.255 e. The van der Waals surface area contributed by atoms with Gasteiger partial charge >= 0.3 is 0 Å². The van der Waals surface area contributed by atoms with E-state index in [-0.39, 0.29) is 11.9 Å². The first-order valence-electron chi connectivity index (χ1n) is 9.72. The minimum absolute atomic E-state index is 0.183. The first-order chi connectivity index (χ1) is 14.5. The number of hydrogen-bond acceptors (Lipinski definition) is 8. The summed E-state index contributed by atoms with van der Waals surface area (Å²) in [5.41, 5.74) is 11.1. The topological polar surface area (TPSA) is 126 Å². The van der Waals surface area contributed by atoms with Gasteiger partial charge in [-0.25, -0.2) is 4.98 Å². The highest BCUT2D eigenvalue weighted by atomic mass is 16.5. The highest BCUT2D eigenvalue weighted by Gasteiger charge is 2.18. The molecule has 2 aromatic heterocycles. The van der Waals surface area contributed by atoms with Gasteiger partial charge in [0.25, 0.3) is 5.91 Å². The Balaban J connectivity index is 1.93. The number of ether oxygens (including phenoxy) is 1. The van der Waals surface area contributed by atoms with Gasteiger partial charge in [0.15, 0.2) is 0 Å². The summed E-state index contributed by atoms with van der Waals surface area (Å²) < 4.78 is 5.83. The van der Waals surface area contributed by atoms with Crippen molar-refractivity contribution >= 4 is 45.4 Å². The van der Waals surface area contributed by atoms with Crippen molar-refractivity contribution in [3.8, 4) is 0 Å². The Morgan fingerprint density at radius 2 is 1.97 bits per heavy atom. The summed E-state index contributed by atoms with van der Waals surface area (Å²) in [4.78, 5) is 21.9. The summed E-state index contributed by atoms with van der Waals surface area (Å²) in [6, 6.07) is 5.58. The number of amides is 1. The molecule has 156 valence electrons. The lowest BCUT2D eigenvalue weighted by Gasteiger charge is -2.19. The van der Waals surface area contributed by atoms with Gasteiger partial charge in [-0.1, -0.05) is 0 Å². The number of fused-ring (bicyclic) bond motifs is 3. The van der Waals surface area contributed by atoms with E-state index in [1.54, 1.807) is 6.20 Å². The summed E-state index contributed by atoms with van der Waals surface area (Å²) in [5.74, 6) is 0.312. The van der Waals surface area contributed by atoms with Crippen molar-refractivity contribution in [1.82, 2.24) is 15.3 Å². The van der Waals surface area contributed by atoms with Crippen LogP contribution in [0.5, 0.6) is 0 Å². The van der Waals surface area contributed by atoms with Crippen LogP contribution in [0.3, 0.4) is 0 Å². The lowest BCUT2D eigenvalue weighted by Crippen LogP contribution is -2.36. The van der Waals surface area contributed by atoms with E-state index in [2.05, 4.69) is 26.3 Å². The van der Waals surface area contributed by atoms with Crippen LogP contribution in [0.25, 0.3) is 10.9 Å². The molecule has 3 aromatic rings. The van der Waals surface area contributed by atoms with Gasteiger partial charge in [-0.3, -0.25) is 9.78 Å². The molecule has 0 saturated carbocycles. The molecule has 9 nitrogen and oxygen atoms in total. The quantitative estimate of drug-likeness (QED) is 0.411. The van der Waals surface area contributed by atoms with Crippen molar-refractivity contribution in [1.29, 1.82) is 0 Å². The van der Waals surface area contributed by atoms with Gasteiger partial charge in [-0.2, -0.15) is 0 Å². The lowest BCUT2D eigenvalue weighted by atomic mass is 10.1. The molecule has 1 aliphatic rings. The van der Waals surface area contributed by atoms with Gasteiger partial charge in [0.1, 0.15) is 5.82 Å². The number of aromatic nitrogens is 2. The number of benzene rings is 1. The van der Waals surface area contributed by atoms with E-state index in [0.29, 0.717) is 41.5 Å². The lowest BCUT2D eigenvalue weighted by molar-refractivity contribution is 0.0821. The fraction of sp³-hybridized carbons (Fsp3) is 0.286. The maximum Gasteiger partial charge on any atom is 0.255 e. The van der Waals surface area contributed by atoms with Crippen LogP contribution in [0.4, 0.5) is 28.6 Å². The minimum atomic E-state index is -0.247. The first-order valence-corrected chi connectivity index (χ1v) is 9.72. The zero-order valence-corrected chi connectivity index (χ0v) is 17.2. The van der Waals surface area contributed by atoms with Crippen LogP contribution in [-0.2, 0) is 11.3 Å².